The van der Waals surface area contributed by atoms with Gasteiger partial charge in [-0.15, -0.1) is 5.10 Å². The number of carbonyl (C=O) groups is 1. The van der Waals surface area contributed by atoms with Crippen molar-refractivity contribution in [3.8, 4) is 16.3 Å². The molecule has 0 aliphatic heterocycles. The van der Waals surface area contributed by atoms with Gasteiger partial charge >= 0.3 is 0 Å². The molecule has 9 heteroatoms. The Kier molecular flexibility index (Phi) is 7.06. The highest BCUT2D eigenvalue weighted by atomic mass is 35.5. The van der Waals surface area contributed by atoms with E-state index < -0.39 is 0 Å². The molecule has 4 aromatic rings. The molecule has 7 nitrogen and oxygen atoms in total. The van der Waals surface area contributed by atoms with Gasteiger partial charge in [0.25, 0.3) is 11.1 Å². The van der Waals surface area contributed by atoms with Crippen LogP contribution in [0.5, 0.6) is 5.19 Å². The zero-order valence-corrected chi connectivity index (χ0v) is 18.4. The van der Waals surface area contributed by atoms with E-state index >= 15 is 0 Å². The van der Waals surface area contributed by atoms with Gasteiger partial charge in [-0.3, -0.25) is 15.1 Å². The summed E-state index contributed by atoms with van der Waals surface area (Å²) in [5.41, 5.74) is 3.86. The summed E-state index contributed by atoms with van der Waals surface area (Å²) >= 11 is 7.03. The SMILES string of the molecule is O=C(Nc1nnc(OCc2ccc(Cl)cc2)s1)c1ccncc1-c1ccccc1CCO. The molecule has 0 aliphatic carbocycles. The van der Waals surface area contributed by atoms with Crippen molar-refractivity contribution < 1.29 is 14.6 Å². The number of ether oxygens (including phenoxy) is 1. The first kappa shape index (κ1) is 21.9. The third-order valence-electron chi connectivity index (χ3n) is 4.66. The number of benzene rings is 2. The Morgan fingerprint density at radius 2 is 1.88 bits per heavy atom. The first-order chi connectivity index (χ1) is 15.6. The molecule has 2 aromatic carbocycles. The summed E-state index contributed by atoms with van der Waals surface area (Å²) in [6.45, 7) is 0.332. The van der Waals surface area contributed by atoms with Crippen molar-refractivity contribution in [2.75, 3.05) is 11.9 Å². The number of amides is 1. The molecule has 162 valence electrons. The van der Waals surface area contributed by atoms with E-state index in [4.69, 9.17) is 16.3 Å². The van der Waals surface area contributed by atoms with Crippen LogP contribution in [0.3, 0.4) is 0 Å². The maximum atomic E-state index is 13.0. The van der Waals surface area contributed by atoms with Gasteiger partial charge in [0.2, 0.25) is 5.13 Å². The van der Waals surface area contributed by atoms with E-state index in [1.165, 1.54) is 0 Å². The fourth-order valence-corrected chi connectivity index (χ4v) is 3.85. The number of aliphatic hydroxyl groups is 1. The predicted molar refractivity (Wildman–Crippen MR) is 124 cm³/mol. The zero-order valence-electron chi connectivity index (χ0n) is 16.9. The van der Waals surface area contributed by atoms with Crippen LogP contribution in [0.2, 0.25) is 5.02 Å². The molecule has 0 atom stereocenters. The van der Waals surface area contributed by atoms with Crippen LogP contribution in [-0.4, -0.2) is 32.8 Å². The highest BCUT2D eigenvalue weighted by Gasteiger charge is 2.17. The molecule has 0 unspecified atom stereocenters. The number of rotatable bonds is 8. The van der Waals surface area contributed by atoms with Crippen LogP contribution in [0.4, 0.5) is 5.13 Å². The minimum Gasteiger partial charge on any atom is -0.464 e. The van der Waals surface area contributed by atoms with Gasteiger partial charge in [0.1, 0.15) is 6.61 Å². The number of carbonyl (C=O) groups excluding carboxylic acids is 1. The number of anilines is 1. The minimum atomic E-state index is -0.332. The van der Waals surface area contributed by atoms with Crippen LogP contribution in [0.1, 0.15) is 21.5 Å². The van der Waals surface area contributed by atoms with E-state index in [1.54, 1.807) is 30.6 Å². The quantitative estimate of drug-likeness (QED) is 0.393. The van der Waals surface area contributed by atoms with Gasteiger partial charge in [-0.2, -0.15) is 0 Å². The molecule has 0 fully saturated rings. The van der Waals surface area contributed by atoms with E-state index in [-0.39, 0.29) is 12.5 Å². The number of halogens is 1. The van der Waals surface area contributed by atoms with Crippen LogP contribution in [0, 0.1) is 0 Å². The highest BCUT2D eigenvalue weighted by molar-refractivity contribution is 7.17. The second-order valence-corrected chi connectivity index (χ2v) is 8.17. The number of aliphatic hydroxyl groups excluding tert-OH is 1. The molecule has 2 heterocycles. The van der Waals surface area contributed by atoms with Gasteiger partial charge in [-0.05, 0) is 52.6 Å². The van der Waals surface area contributed by atoms with Crippen molar-refractivity contribution in [1.29, 1.82) is 0 Å². The van der Waals surface area contributed by atoms with Crippen molar-refractivity contribution in [2.24, 2.45) is 0 Å². The van der Waals surface area contributed by atoms with Gasteiger partial charge in [0.15, 0.2) is 0 Å². The number of hydrogen-bond acceptors (Lipinski definition) is 7. The summed E-state index contributed by atoms with van der Waals surface area (Å²) in [6.07, 6.45) is 3.69. The molecule has 4 rings (SSSR count). The Hall–Kier alpha value is -3.33. The third kappa shape index (κ3) is 5.28. The van der Waals surface area contributed by atoms with Crippen LogP contribution in [0.25, 0.3) is 11.1 Å². The monoisotopic (exact) mass is 466 g/mol. The Bertz CT molecular complexity index is 1210. The number of aromatic nitrogens is 3. The summed E-state index contributed by atoms with van der Waals surface area (Å²) in [5.74, 6) is -0.332. The number of pyridine rings is 1. The van der Waals surface area contributed by atoms with Crippen molar-refractivity contribution in [1.82, 2.24) is 15.2 Å². The molecule has 2 N–H and O–H groups in total. The summed E-state index contributed by atoms with van der Waals surface area (Å²) < 4.78 is 5.65. The largest absolute Gasteiger partial charge is 0.464 e. The van der Waals surface area contributed by atoms with E-state index in [0.29, 0.717) is 39.5 Å². The van der Waals surface area contributed by atoms with Crippen LogP contribution in [0.15, 0.2) is 67.0 Å². The number of nitrogens with zero attached hydrogens (tertiary/aromatic N) is 3. The average molecular weight is 467 g/mol. The van der Waals surface area contributed by atoms with Gasteiger partial charge in [-0.25, -0.2) is 0 Å². The molecule has 2 aromatic heterocycles. The molecule has 32 heavy (non-hydrogen) atoms. The normalized spacial score (nSPS) is 10.7. The van der Waals surface area contributed by atoms with E-state index in [9.17, 15) is 9.90 Å². The van der Waals surface area contributed by atoms with Gasteiger partial charge in [0.05, 0.1) is 5.56 Å². The molecule has 0 radical (unpaired) electrons. The van der Waals surface area contributed by atoms with Crippen molar-refractivity contribution in [3.63, 3.8) is 0 Å². The first-order valence-corrected chi connectivity index (χ1v) is 11.0. The van der Waals surface area contributed by atoms with Crippen molar-refractivity contribution >= 4 is 34.0 Å². The Labute approximate surface area is 193 Å². The smallest absolute Gasteiger partial charge is 0.296 e. The summed E-state index contributed by atoms with van der Waals surface area (Å²) in [4.78, 5) is 17.2. The minimum absolute atomic E-state index is 0.0163. The van der Waals surface area contributed by atoms with Gasteiger partial charge in [-0.1, -0.05) is 53.1 Å². The van der Waals surface area contributed by atoms with Crippen LogP contribution in [-0.2, 0) is 13.0 Å². The van der Waals surface area contributed by atoms with E-state index in [1.807, 2.05) is 36.4 Å². The molecule has 1 amide bonds. The molecule has 0 spiro atoms. The van der Waals surface area contributed by atoms with Crippen molar-refractivity contribution in [3.05, 3.63) is 88.7 Å². The highest BCUT2D eigenvalue weighted by Crippen LogP contribution is 2.29. The van der Waals surface area contributed by atoms with Crippen LogP contribution < -0.4 is 10.1 Å². The molecule has 0 bridgehead atoms. The average Bonchev–Trinajstić information content (AvgIpc) is 3.26. The molecular formula is C23H19ClN4O3S. The second-order valence-electron chi connectivity index (χ2n) is 6.79. The Morgan fingerprint density at radius 1 is 1.06 bits per heavy atom. The first-order valence-electron chi connectivity index (χ1n) is 9.79. The fourth-order valence-electron chi connectivity index (χ4n) is 3.14. The molecule has 0 aliphatic rings. The fraction of sp³-hybridized carbons (Fsp3) is 0.130. The van der Waals surface area contributed by atoms with Gasteiger partial charge in [0, 0.05) is 29.6 Å². The maximum Gasteiger partial charge on any atom is 0.296 e. The summed E-state index contributed by atoms with van der Waals surface area (Å²) in [5, 5.41) is 21.5. The molecule has 0 saturated heterocycles. The predicted octanol–water partition coefficient (Wildman–Crippen LogP) is 4.62. The summed E-state index contributed by atoms with van der Waals surface area (Å²) in [7, 11) is 0. The van der Waals surface area contributed by atoms with E-state index in [0.717, 1.165) is 28.0 Å². The Balaban J connectivity index is 1.48. The zero-order chi connectivity index (χ0) is 22.3. The molecular weight excluding hydrogens is 448 g/mol. The summed E-state index contributed by atoms with van der Waals surface area (Å²) in [6, 6.07) is 16.6. The number of nitrogens with one attached hydrogen (secondary N) is 1. The maximum absolute atomic E-state index is 13.0. The molecule has 0 saturated carbocycles. The van der Waals surface area contributed by atoms with Gasteiger partial charge < -0.3 is 9.84 Å². The Morgan fingerprint density at radius 3 is 2.69 bits per heavy atom. The lowest BCUT2D eigenvalue weighted by Crippen LogP contribution is -2.13. The second kappa shape index (κ2) is 10.3. The lowest BCUT2D eigenvalue weighted by Gasteiger charge is -2.12. The van der Waals surface area contributed by atoms with Crippen molar-refractivity contribution in [2.45, 2.75) is 13.0 Å². The standard InChI is InChI=1S/C23H19ClN4O3S/c24-17-7-5-15(6-8-17)14-31-23-28-27-22(32-23)26-21(30)19-9-11-25-13-20(19)18-4-2-1-3-16(18)10-12-29/h1-9,11,13,29H,10,12,14H2,(H,26,27,30). The lowest BCUT2D eigenvalue weighted by molar-refractivity contribution is 0.102. The topological polar surface area (TPSA) is 97.2 Å². The third-order valence-corrected chi connectivity index (χ3v) is 5.66. The van der Waals surface area contributed by atoms with Crippen LogP contribution >= 0.6 is 22.9 Å². The number of hydrogen-bond donors (Lipinski definition) is 2. The lowest BCUT2D eigenvalue weighted by atomic mass is 9.95. The van der Waals surface area contributed by atoms with E-state index in [2.05, 4.69) is 20.5 Å².